The molecule has 0 radical (unpaired) electrons. The maximum Gasteiger partial charge on any atom is 0.188 e. The van der Waals surface area contributed by atoms with E-state index in [2.05, 4.69) is 9.97 Å². The number of thioether (sulfide) groups is 1. The first-order chi connectivity index (χ1) is 9.06. The van der Waals surface area contributed by atoms with Gasteiger partial charge in [-0.15, -0.1) is 0 Å². The number of aromatic nitrogens is 2. The highest BCUT2D eigenvalue weighted by atomic mass is 35.5. The zero-order chi connectivity index (χ0) is 13.8. The molecule has 1 aromatic carbocycles. The Labute approximate surface area is 125 Å². The van der Waals surface area contributed by atoms with Gasteiger partial charge in [-0.25, -0.2) is 9.97 Å². The number of halogens is 2. The molecule has 0 bridgehead atoms. The molecule has 2 aromatic rings. The van der Waals surface area contributed by atoms with E-state index in [1.54, 1.807) is 24.4 Å². The topological polar surface area (TPSA) is 42.9 Å². The van der Waals surface area contributed by atoms with Crippen molar-refractivity contribution in [2.24, 2.45) is 0 Å². The number of aryl methyl sites for hydroxylation is 1. The smallest absolute Gasteiger partial charge is 0.188 e. The summed E-state index contributed by atoms with van der Waals surface area (Å²) in [5.41, 5.74) is 1.41. The van der Waals surface area contributed by atoms with Crippen molar-refractivity contribution in [2.75, 3.05) is 5.75 Å². The van der Waals surface area contributed by atoms with Crippen molar-refractivity contribution in [1.82, 2.24) is 9.97 Å². The molecule has 0 saturated carbocycles. The van der Waals surface area contributed by atoms with E-state index >= 15 is 0 Å². The van der Waals surface area contributed by atoms with Crippen LogP contribution in [0.3, 0.4) is 0 Å². The molecule has 6 heteroatoms. The zero-order valence-corrected chi connectivity index (χ0v) is 12.4. The molecule has 0 aliphatic carbocycles. The fraction of sp³-hybridized carbons (Fsp3) is 0.154. The lowest BCUT2D eigenvalue weighted by molar-refractivity contribution is 0.102. The van der Waals surface area contributed by atoms with Gasteiger partial charge in [0.15, 0.2) is 10.9 Å². The van der Waals surface area contributed by atoms with Crippen LogP contribution in [0.15, 0.2) is 35.6 Å². The minimum Gasteiger partial charge on any atom is -0.293 e. The van der Waals surface area contributed by atoms with E-state index in [1.807, 2.05) is 13.0 Å². The molecule has 0 spiro atoms. The Hall–Kier alpha value is -1.10. The second-order valence-electron chi connectivity index (χ2n) is 3.82. The van der Waals surface area contributed by atoms with E-state index in [1.165, 1.54) is 11.8 Å². The Balaban J connectivity index is 2.03. The van der Waals surface area contributed by atoms with Gasteiger partial charge in [0.2, 0.25) is 0 Å². The van der Waals surface area contributed by atoms with Gasteiger partial charge >= 0.3 is 0 Å². The Morgan fingerprint density at radius 2 is 2.05 bits per heavy atom. The quantitative estimate of drug-likeness (QED) is 0.485. The number of Topliss-reactive ketones (excluding diaryl/α,β-unsaturated/α-hetero) is 1. The molecule has 1 aromatic heterocycles. The Morgan fingerprint density at radius 3 is 2.74 bits per heavy atom. The van der Waals surface area contributed by atoms with Crippen molar-refractivity contribution < 1.29 is 4.79 Å². The third-order valence-corrected chi connectivity index (χ3v) is 3.95. The van der Waals surface area contributed by atoms with Crippen LogP contribution in [-0.2, 0) is 0 Å². The predicted molar refractivity (Wildman–Crippen MR) is 78.3 cm³/mol. The van der Waals surface area contributed by atoms with E-state index in [-0.39, 0.29) is 11.5 Å². The summed E-state index contributed by atoms with van der Waals surface area (Å²) in [6.07, 6.45) is 1.67. The highest BCUT2D eigenvalue weighted by molar-refractivity contribution is 7.99. The normalized spacial score (nSPS) is 10.5. The molecule has 3 nitrogen and oxygen atoms in total. The molecule has 0 amide bonds. The lowest BCUT2D eigenvalue weighted by Crippen LogP contribution is -2.03. The maximum absolute atomic E-state index is 12.0. The number of rotatable bonds is 4. The summed E-state index contributed by atoms with van der Waals surface area (Å²) in [7, 11) is 0. The highest BCUT2D eigenvalue weighted by Gasteiger charge is 2.10. The maximum atomic E-state index is 12.0. The van der Waals surface area contributed by atoms with Crippen LogP contribution in [0, 0.1) is 6.92 Å². The molecule has 0 N–H and O–H groups in total. The molecule has 0 atom stereocenters. The van der Waals surface area contributed by atoms with Gasteiger partial charge in [0.1, 0.15) is 0 Å². The van der Waals surface area contributed by atoms with E-state index in [4.69, 9.17) is 23.2 Å². The van der Waals surface area contributed by atoms with E-state index < -0.39 is 0 Å². The largest absolute Gasteiger partial charge is 0.293 e. The van der Waals surface area contributed by atoms with E-state index in [0.717, 1.165) is 5.69 Å². The zero-order valence-electron chi connectivity index (χ0n) is 10.1. The van der Waals surface area contributed by atoms with E-state index in [9.17, 15) is 4.79 Å². The number of carbonyl (C=O) groups is 1. The number of carbonyl (C=O) groups excluding carboxylic acids is 1. The average Bonchev–Trinajstić information content (AvgIpc) is 2.39. The Kier molecular flexibility index (Phi) is 4.80. The van der Waals surface area contributed by atoms with Gasteiger partial charge in [0.25, 0.3) is 0 Å². The lowest BCUT2D eigenvalue weighted by Gasteiger charge is -2.03. The summed E-state index contributed by atoms with van der Waals surface area (Å²) in [6.45, 7) is 1.88. The summed E-state index contributed by atoms with van der Waals surface area (Å²) in [6, 6.07) is 6.66. The first kappa shape index (κ1) is 14.3. The fourth-order valence-corrected chi connectivity index (χ4v) is 2.45. The summed E-state index contributed by atoms with van der Waals surface area (Å²) in [4.78, 5) is 20.3. The molecule has 0 unspecified atom stereocenters. The van der Waals surface area contributed by atoms with Crippen molar-refractivity contribution in [3.05, 3.63) is 51.8 Å². The molecule has 98 valence electrons. The van der Waals surface area contributed by atoms with Crippen LogP contribution < -0.4 is 0 Å². The van der Waals surface area contributed by atoms with Crippen molar-refractivity contribution in [2.45, 2.75) is 12.1 Å². The number of ketones is 1. The highest BCUT2D eigenvalue weighted by Crippen LogP contribution is 2.24. The average molecular weight is 313 g/mol. The van der Waals surface area contributed by atoms with Crippen molar-refractivity contribution in [3.8, 4) is 0 Å². The second-order valence-corrected chi connectivity index (χ2v) is 5.58. The van der Waals surface area contributed by atoms with Crippen molar-refractivity contribution >= 4 is 40.7 Å². The molecule has 19 heavy (non-hydrogen) atoms. The van der Waals surface area contributed by atoms with Crippen LogP contribution in [0.5, 0.6) is 0 Å². The minimum absolute atomic E-state index is 0.0336. The molecule has 1 heterocycles. The standard InChI is InChI=1S/C13H10Cl2N2OS/c1-8-4-5-16-13(17-8)19-7-12(18)9-2-3-10(14)11(15)6-9/h2-6H,7H2,1H3. The molecule has 2 rings (SSSR count). The number of nitrogens with zero attached hydrogens (tertiary/aromatic N) is 2. The number of benzene rings is 1. The number of hydrogen-bond acceptors (Lipinski definition) is 4. The van der Waals surface area contributed by atoms with Crippen LogP contribution in [-0.4, -0.2) is 21.5 Å². The van der Waals surface area contributed by atoms with Gasteiger partial charge in [0.05, 0.1) is 15.8 Å². The van der Waals surface area contributed by atoms with Gasteiger partial charge in [-0.1, -0.05) is 35.0 Å². The van der Waals surface area contributed by atoms with Gasteiger partial charge in [-0.3, -0.25) is 4.79 Å². The summed E-state index contributed by atoms with van der Waals surface area (Å²) < 4.78 is 0. The monoisotopic (exact) mass is 312 g/mol. The van der Waals surface area contributed by atoms with Gasteiger partial charge < -0.3 is 0 Å². The lowest BCUT2D eigenvalue weighted by atomic mass is 10.1. The minimum atomic E-state index is -0.0336. The molecule has 0 aliphatic heterocycles. The Morgan fingerprint density at radius 1 is 1.26 bits per heavy atom. The van der Waals surface area contributed by atoms with E-state index in [0.29, 0.717) is 20.8 Å². The van der Waals surface area contributed by atoms with Crippen LogP contribution in [0.2, 0.25) is 10.0 Å². The third-order valence-electron chi connectivity index (χ3n) is 2.35. The van der Waals surface area contributed by atoms with Crippen LogP contribution in [0.4, 0.5) is 0 Å². The first-order valence-electron chi connectivity index (χ1n) is 5.47. The summed E-state index contributed by atoms with van der Waals surface area (Å²) >= 11 is 13.0. The fourth-order valence-electron chi connectivity index (χ4n) is 1.38. The molecule has 0 saturated heterocycles. The SMILES string of the molecule is Cc1ccnc(SCC(=O)c2ccc(Cl)c(Cl)c2)n1. The first-order valence-corrected chi connectivity index (χ1v) is 7.21. The third kappa shape index (κ3) is 3.93. The van der Waals surface area contributed by atoms with Gasteiger partial charge in [-0.05, 0) is 31.2 Å². The Bertz CT molecular complexity index is 619. The summed E-state index contributed by atoms with van der Waals surface area (Å²) in [5, 5.41) is 1.41. The van der Waals surface area contributed by atoms with Crippen molar-refractivity contribution in [3.63, 3.8) is 0 Å². The van der Waals surface area contributed by atoms with Gasteiger partial charge in [-0.2, -0.15) is 0 Å². The van der Waals surface area contributed by atoms with Crippen molar-refractivity contribution in [1.29, 1.82) is 0 Å². The molecular formula is C13H10Cl2N2OS. The van der Waals surface area contributed by atoms with Crippen LogP contribution in [0.25, 0.3) is 0 Å². The van der Waals surface area contributed by atoms with Crippen LogP contribution >= 0.6 is 35.0 Å². The number of hydrogen-bond donors (Lipinski definition) is 0. The molecule has 0 aliphatic rings. The van der Waals surface area contributed by atoms with Crippen LogP contribution in [0.1, 0.15) is 16.1 Å². The van der Waals surface area contributed by atoms with Gasteiger partial charge in [0, 0.05) is 17.5 Å². The molecule has 0 fully saturated rings. The molecular weight excluding hydrogens is 303 g/mol. The predicted octanol–water partition coefficient (Wildman–Crippen LogP) is 4.07. The summed E-state index contributed by atoms with van der Waals surface area (Å²) in [5.74, 6) is 0.232. The second kappa shape index (κ2) is 6.37.